The van der Waals surface area contributed by atoms with Crippen molar-refractivity contribution < 1.29 is 14.3 Å². The number of unbranched alkanes of at least 4 members (excludes halogenated alkanes) is 1. The summed E-state index contributed by atoms with van der Waals surface area (Å²) >= 11 is 5.16. The minimum Gasteiger partial charge on any atom is -0.494 e. The van der Waals surface area contributed by atoms with Gasteiger partial charge in [-0.15, -0.1) is 0 Å². The van der Waals surface area contributed by atoms with Crippen molar-refractivity contribution >= 4 is 38.9 Å². The van der Waals surface area contributed by atoms with Gasteiger partial charge < -0.3 is 9.47 Å². The van der Waals surface area contributed by atoms with Gasteiger partial charge >= 0.3 is 5.97 Å². The number of hydrogen-bond donors (Lipinski definition) is 0. The zero-order valence-electron chi connectivity index (χ0n) is 13.9. The van der Waals surface area contributed by atoms with Crippen LogP contribution in [0.1, 0.15) is 23.2 Å². The van der Waals surface area contributed by atoms with E-state index in [9.17, 15) is 4.79 Å². The van der Waals surface area contributed by atoms with Crippen molar-refractivity contribution in [3.63, 3.8) is 0 Å². The van der Waals surface area contributed by atoms with E-state index >= 15 is 0 Å². The van der Waals surface area contributed by atoms with Crippen molar-refractivity contribution in [3.05, 3.63) is 64.2 Å². The van der Waals surface area contributed by atoms with Crippen LogP contribution in [0.15, 0.2) is 54.9 Å². The minimum absolute atomic E-state index is 0.341. The summed E-state index contributed by atoms with van der Waals surface area (Å²) in [5.74, 6) is 0.492. The van der Waals surface area contributed by atoms with E-state index in [0.717, 1.165) is 28.0 Å². The number of aromatic nitrogens is 1. The second-order valence-electron chi connectivity index (χ2n) is 5.45. The molecule has 4 nitrogen and oxygen atoms in total. The number of ether oxygens (including phenoxy) is 2. The normalized spacial score (nSPS) is 10.5. The Labute approximate surface area is 164 Å². The summed E-state index contributed by atoms with van der Waals surface area (Å²) in [6.07, 6.45) is 4.69. The molecule has 0 saturated carbocycles. The fraction of sp³-hybridized carbons (Fsp3) is 0.211. The second-order valence-corrected chi connectivity index (χ2v) is 8.36. The lowest BCUT2D eigenvalue weighted by molar-refractivity contribution is 0.0493. The molecule has 0 fully saturated rings. The molecule has 0 saturated heterocycles. The Morgan fingerprint density at radius 1 is 1.08 bits per heavy atom. The molecule has 0 aliphatic heterocycles. The number of esters is 1. The summed E-state index contributed by atoms with van der Waals surface area (Å²) < 4.78 is 11.8. The summed E-state index contributed by atoms with van der Waals surface area (Å²) in [6, 6.07) is 13.4. The van der Waals surface area contributed by atoms with Gasteiger partial charge in [-0.1, -0.05) is 32.9 Å². The van der Waals surface area contributed by atoms with Crippen LogP contribution in [0.2, 0.25) is 0 Å². The number of carbonyl (C=O) groups is 1. The Hall–Kier alpha value is -2.09. The van der Waals surface area contributed by atoms with E-state index in [-0.39, 0.29) is 5.97 Å². The van der Waals surface area contributed by atoms with Crippen LogP contribution in [-0.4, -0.2) is 24.2 Å². The number of carbonyl (C=O) groups excluding carboxylic acids is 1. The van der Waals surface area contributed by atoms with Crippen molar-refractivity contribution in [1.82, 2.24) is 4.98 Å². The molecule has 0 unspecified atom stereocenters. The molecule has 0 amide bonds. The average Bonchev–Trinajstić information content (AvgIpc) is 3.12. The highest BCUT2D eigenvalue weighted by atomic mass is 32.9. The topological polar surface area (TPSA) is 48.4 Å². The SMILES string of the molecule is O=C(OCCCCOc1ccc(-c2cc(=S)ss2)cc1)c1cccnc1. The Kier molecular flexibility index (Phi) is 6.88. The molecule has 0 radical (unpaired) electrons. The molecule has 0 bridgehead atoms. The van der Waals surface area contributed by atoms with E-state index in [4.69, 9.17) is 21.7 Å². The average molecular weight is 404 g/mol. The maximum atomic E-state index is 11.8. The summed E-state index contributed by atoms with van der Waals surface area (Å²) in [6.45, 7) is 0.958. The second kappa shape index (κ2) is 9.56. The summed E-state index contributed by atoms with van der Waals surface area (Å²) in [7, 11) is 3.30. The third-order valence-corrected chi connectivity index (χ3v) is 6.45. The molecule has 0 atom stereocenters. The molecular formula is C19H17NO3S3. The van der Waals surface area contributed by atoms with E-state index < -0.39 is 0 Å². The molecule has 3 rings (SSSR count). The molecule has 134 valence electrons. The van der Waals surface area contributed by atoms with Gasteiger partial charge in [0.05, 0.1) is 18.8 Å². The molecular weight excluding hydrogens is 386 g/mol. The van der Waals surface area contributed by atoms with E-state index in [1.54, 1.807) is 39.0 Å². The van der Waals surface area contributed by atoms with Gasteiger partial charge in [-0.2, -0.15) is 0 Å². The largest absolute Gasteiger partial charge is 0.494 e. The lowest BCUT2D eigenvalue weighted by atomic mass is 10.2. The molecule has 2 aromatic heterocycles. The standard InChI is InChI=1S/C19H17NO3S3/c21-19(15-4-3-9-20-13-15)23-11-2-1-10-22-16-7-5-14(6-8-16)17-12-18(24)26-25-17/h3-9,12-13H,1-2,10-11H2. The van der Waals surface area contributed by atoms with E-state index in [1.807, 2.05) is 30.3 Å². The first-order chi connectivity index (χ1) is 12.7. The highest BCUT2D eigenvalue weighted by Crippen LogP contribution is 2.30. The first-order valence-corrected chi connectivity index (χ1v) is 10.7. The number of rotatable bonds is 8. The fourth-order valence-corrected chi connectivity index (χ4v) is 4.62. The van der Waals surface area contributed by atoms with Crippen molar-refractivity contribution in [1.29, 1.82) is 0 Å². The molecule has 1 aromatic carbocycles. The van der Waals surface area contributed by atoms with E-state index in [1.165, 1.54) is 11.1 Å². The van der Waals surface area contributed by atoms with Crippen LogP contribution in [0, 0.1) is 3.82 Å². The lowest BCUT2D eigenvalue weighted by Gasteiger charge is -2.07. The first kappa shape index (κ1) is 18.7. The fourth-order valence-electron chi connectivity index (χ4n) is 2.21. The zero-order valence-corrected chi connectivity index (χ0v) is 16.4. The van der Waals surface area contributed by atoms with Gasteiger partial charge in [0.2, 0.25) is 0 Å². The summed E-state index contributed by atoms with van der Waals surface area (Å²) in [5, 5.41) is 0. The molecule has 0 aliphatic carbocycles. The van der Waals surface area contributed by atoms with Gasteiger partial charge in [-0.25, -0.2) is 4.79 Å². The predicted molar refractivity (Wildman–Crippen MR) is 108 cm³/mol. The molecule has 0 N–H and O–H groups in total. The van der Waals surface area contributed by atoms with E-state index in [0.29, 0.717) is 18.8 Å². The van der Waals surface area contributed by atoms with E-state index in [2.05, 4.69) is 4.98 Å². The maximum Gasteiger partial charge on any atom is 0.339 e. The van der Waals surface area contributed by atoms with Crippen LogP contribution in [-0.2, 0) is 4.74 Å². The maximum absolute atomic E-state index is 11.8. The van der Waals surface area contributed by atoms with Crippen molar-refractivity contribution in [2.24, 2.45) is 0 Å². The van der Waals surface area contributed by atoms with Crippen LogP contribution >= 0.6 is 32.9 Å². The monoisotopic (exact) mass is 403 g/mol. The molecule has 0 aliphatic rings. The first-order valence-electron chi connectivity index (χ1n) is 8.13. The van der Waals surface area contributed by atoms with Crippen molar-refractivity contribution in [3.8, 4) is 16.2 Å². The van der Waals surface area contributed by atoms with Gasteiger partial charge in [0.25, 0.3) is 0 Å². The Balaban J connectivity index is 1.35. The molecule has 0 spiro atoms. The van der Waals surface area contributed by atoms with Crippen LogP contribution in [0.3, 0.4) is 0 Å². The summed E-state index contributed by atoms with van der Waals surface area (Å²) in [5.41, 5.74) is 1.62. The predicted octanol–water partition coefficient (Wildman–Crippen LogP) is 5.62. The number of hydrogen-bond acceptors (Lipinski definition) is 7. The zero-order chi connectivity index (χ0) is 18.2. The molecule has 7 heteroatoms. The van der Waals surface area contributed by atoms with Crippen LogP contribution in [0.25, 0.3) is 10.4 Å². The Bertz CT molecular complexity index is 888. The van der Waals surface area contributed by atoms with Crippen LogP contribution in [0.5, 0.6) is 5.75 Å². The van der Waals surface area contributed by atoms with Crippen LogP contribution in [0.4, 0.5) is 0 Å². The molecule has 2 heterocycles. The Morgan fingerprint density at radius 2 is 1.88 bits per heavy atom. The van der Waals surface area contributed by atoms with Gasteiger partial charge in [0.15, 0.2) is 0 Å². The van der Waals surface area contributed by atoms with Gasteiger partial charge in [0, 0.05) is 17.3 Å². The van der Waals surface area contributed by atoms with Crippen molar-refractivity contribution in [2.75, 3.05) is 13.2 Å². The molecule has 3 aromatic rings. The lowest BCUT2D eigenvalue weighted by Crippen LogP contribution is -2.07. The third kappa shape index (κ3) is 5.45. The number of benzene rings is 1. The quantitative estimate of drug-likeness (QED) is 0.211. The number of nitrogens with zero attached hydrogens (tertiary/aromatic N) is 1. The smallest absolute Gasteiger partial charge is 0.339 e. The third-order valence-electron chi connectivity index (χ3n) is 3.54. The van der Waals surface area contributed by atoms with Gasteiger partial charge in [0.1, 0.15) is 9.57 Å². The highest BCUT2D eigenvalue weighted by Gasteiger charge is 2.06. The van der Waals surface area contributed by atoms with Gasteiger partial charge in [-0.3, -0.25) is 4.98 Å². The van der Waals surface area contributed by atoms with Crippen LogP contribution < -0.4 is 4.74 Å². The molecule has 26 heavy (non-hydrogen) atoms. The Morgan fingerprint density at radius 3 is 2.58 bits per heavy atom. The summed E-state index contributed by atoms with van der Waals surface area (Å²) in [4.78, 5) is 16.8. The van der Waals surface area contributed by atoms with Gasteiger partial charge in [-0.05, 0) is 60.9 Å². The minimum atomic E-state index is -0.341. The van der Waals surface area contributed by atoms with Crippen molar-refractivity contribution in [2.45, 2.75) is 12.8 Å². The number of pyridine rings is 1. The highest BCUT2D eigenvalue weighted by molar-refractivity contribution is 7.80.